The second-order valence-corrected chi connectivity index (χ2v) is 4.66. The number of aromatic nitrogens is 1. The van der Waals surface area contributed by atoms with Crippen LogP contribution in [0.4, 0.5) is 5.82 Å². The van der Waals surface area contributed by atoms with Crippen LogP contribution in [0.5, 0.6) is 0 Å². The molecule has 0 aliphatic heterocycles. The van der Waals surface area contributed by atoms with Crippen molar-refractivity contribution in [2.45, 2.75) is 25.8 Å². The Labute approximate surface area is 114 Å². The fourth-order valence-electron chi connectivity index (χ4n) is 2.01. The van der Waals surface area contributed by atoms with Crippen molar-refractivity contribution >= 4 is 11.7 Å². The molecule has 0 saturated heterocycles. The van der Waals surface area contributed by atoms with E-state index in [1.165, 1.54) is 0 Å². The van der Waals surface area contributed by atoms with Gasteiger partial charge in [-0.25, -0.2) is 4.98 Å². The van der Waals surface area contributed by atoms with E-state index in [9.17, 15) is 4.79 Å². The van der Waals surface area contributed by atoms with Crippen LogP contribution in [-0.4, -0.2) is 48.6 Å². The van der Waals surface area contributed by atoms with Crippen molar-refractivity contribution in [2.24, 2.45) is 0 Å². The first-order chi connectivity index (χ1) is 9.26. The Hall–Kier alpha value is -1.62. The molecule has 1 aromatic rings. The number of carbonyl (C=O) groups excluding carboxylic acids is 1. The molecule has 1 N–H and O–H groups in total. The van der Waals surface area contributed by atoms with Gasteiger partial charge >= 0.3 is 0 Å². The van der Waals surface area contributed by atoms with E-state index in [1.807, 2.05) is 24.0 Å². The maximum absolute atomic E-state index is 12.5. The molecule has 1 heterocycles. The van der Waals surface area contributed by atoms with Crippen LogP contribution in [-0.2, 0) is 4.74 Å². The molecule has 1 fully saturated rings. The fourth-order valence-corrected chi connectivity index (χ4v) is 2.01. The van der Waals surface area contributed by atoms with E-state index in [0.717, 1.165) is 25.2 Å². The first kappa shape index (κ1) is 13.8. The van der Waals surface area contributed by atoms with Gasteiger partial charge < -0.3 is 15.0 Å². The Morgan fingerprint density at radius 3 is 2.95 bits per heavy atom. The third-order valence-electron chi connectivity index (χ3n) is 3.11. The molecule has 104 valence electrons. The van der Waals surface area contributed by atoms with Crippen LogP contribution < -0.4 is 5.32 Å². The van der Waals surface area contributed by atoms with E-state index in [1.54, 1.807) is 13.2 Å². The van der Waals surface area contributed by atoms with Crippen molar-refractivity contribution in [3.63, 3.8) is 0 Å². The average molecular weight is 263 g/mol. The van der Waals surface area contributed by atoms with E-state index in [0.29, 0.717) is 24.9 Å². The van der Waals surface area contributed by atoms with Gasteiger partial charge in [-0.05, 0) is 31.9 Å². The zero-order valence-corrected chi connectivity index (χ0v) is 11.6. The molecule has 5 heteroatoms. The number of ether oxygens (including phenoxy) is 1. The van der Waals surface area contributed by atoms with Gasteiger partial charge in [0.25, 0.3) is 5.91 Å². The summed E-state index contributed by atoms with van der Waals surface area (Å²) in [6.07, 6.45) is 2.17. The summed E-state index contributed by atoms with van der Waals surface area (Å²) in [5.41, 5.74) is 0.501. The lowest BCUT2D eigenvalue weighted by Crippen LogP contribution is -2.36. The van der Waals surface area contributed by atoms with Gasteiger partial charge in [-0.3, -0.25) is 4.79 Å². The number of hydrogen-bond donors (Lipinski definition) is 1. The summed E-state index contributed by atoms with van der Waals surface area (Å²) < 4.78 is 5.07. The number of carbonyl (C=O) groups is 1. The van der Waals surface area contributed by atoms with Gasteiger partial charge in [-0.15, -0.1) is 0 Å². The van der Waals surface area contributed by atoms with Crippen LogP contribution in [0.25, 0.3) is 0 Å². The first-order valence-corrected chi connectivity index (χ1v) is 6.77. The van der Waals surface area contributed by atoms with Gasteiger partial charge in [-0.2, -0.15) is 0 Å². The number of rotatable bonds is 7. The van der Waals surface area contributed by atoms with Crippen molar-refractivity contribution in [3.05, 3.63) is 23.9 Å². The summed E-state index contributed by atoms with van der Waals surface area (Å²) in [5.74, 6) is 0.746. The third-order valence-corrected chi connectivity index (χ3v) is 3.11. The predicted octanol–water partition coefficient (Wildman–Crippen LogP) is 1.76. The summed E-state index contributed by atoms with van der Waals surface area (Å²) in [6.45, 7) is 3.99. The molecule has 0 unspecified atom stereocenters. The van der Waals surface area contributed by atoms with Gasteiger partial charge in [0.05, 0.1) is 6.61 Å². The number of nitrogens with zero attached hydrogens (tertiary/aromatic N) is 2. The molecule has 19 heavy (non-hydrogen) atoms. The molecule has 0 bridgehead atoms. The number of anilines is 1. The number of methoxy groups -OCH3 is 1. The lowest BCUT2D eigenvalue weighted by atomic mass is 10.3. The standard InChI is InChI=1S/C14H21N3O2/c1-3-15-13-6-4-5-12(16-13)14(18)17(9-10-19-2)11-7-8-11/h4-6,11H,3,7-10H2,1-2H3,(H,15,16). The zero-order chi connectivity index (χ0) is 13.7. The molecule has 1 amide bonds. The second-order valence-electron chi connectivity index (χ2n) is 4.66. The lowest BCUT2D eigenvalue weighted by Gasteiger charge is -2.21. The zero-order valence-electron chi connectivity index (χ0n) is 11.6. The van der Waals surface area contributed by atoms with Gasteiger partial charge in [0.15, 0.2) is 0 Å². The molecular weight excluding hydrogens is 242 g/mol. The Morgan fingerprint density at radius 2 is 2.32 bits per heavy atom. The summed E-state index contributed by atoms with van der Waals surface area (Å²) in [6, 6.07) is 5.87. The van der Waals surface area contributed by atoms with Gasteiger partial charge in [0.2, 0.25) is 0 Å². The first-order valence-electron chi connectivity index (χ1n) is 6.77. The highest BCUT2D eigenvalue weighted by molar-refractivity contribution is 5.93. The molecule has 1 aliphatic carbocycles. The smallest absolute Gasteiger partial charge is 0.272 e. The Morgan fingerprint density at radius 1 is 1.53 bits per heavy atom. The number of pyridine rings is 1. The summed E-state index contributed by atoms with van der Waals surface area (Å²) in [4.78, 5) is 18.7. The predicted molar refractivity (Wildman–Crippen MR) is 74.3 cm³/mol. The topological polar surface area (TPSA) is 54.5 Å². The van der Waals surface area contributed by atoms with E-state index in [-0.39, 0.29) is 5.91 Å². The van der Waals surface area contributed by atoms with E-state index < -0.39 is 0 Å². The fraction of sp³-hybridized carbons (Fsp3) is 0.571. The van der Waals surface area contributed by atoms with Crippen molar-refractivity contribution in [3.8, 4) is 0 Å². The van der Waals surface area contributed by atoms with Crippen LogP contribution in [0.1, 0.15) is 30.3 Å². The summed E-state index contributed by atoms with van der Waals surface area (Å²) >= 11 is 0. The van der Waals surface area contributed by atoms with Crippen LogP contribution in [0.15, 0.2) is 18.2 Å². The number of nitrogens with one attached hydrogen (secondary N) is 1. The minimum Gasteiger partial charge on any atom is -0.383 e. The largest absolute Gasteiger partial charge is 0.383 e. The summed E-state index contributed by atoms with van der Waals surface area (Å²) in [5, 5.41) is 3.12. The molecular formula is C14H21N3O2. The van der Waals surface area contributed by atoms with Crippen LogP contribution >= 0.6 is 0 Å². The highest BCUT2D eigenvalue weighted by Crippen LogP contribution is 2.27. The van der Waals surface area contributed by atoms with Crippen LogP contribution in [0, 0.1) is 0 Å². The molecule has 1 aliphatic rings. The SMILES string of the molecule is CCNc1cccc(C(=O)N(CCOC)C2CC2)n1. The van der Waals surface area contributed by atoms with Crippen LogP contribution in [0.2, 0.25) is 0 Å². The second kappa shape index (κ2) is 6.52. The van der Waals surface area contributed by atoms with E-state index in [2.05, 4.69) is 10.3 Å². The minimum absolute atomic E-state index is 0.000645. The molecule has 5 nitrogen and oxygen atoms in total. The highest BCUT2D eigenvalue weighted by Gasteiger charge is 2.33. The Bertz CT molecular complexity index is 432. The Balaban J connectivity index is 2.09. The molecule has 0 radical (unpaired) electrons. The quantitative estimate of drug-likeness (QED) is 0.814. The van der Waals surface area contributed by atoms with Crippen molar-refractivity contribution in [2.75, 3.05) is 32.1 Å². The van der Waals surface area contributed by atoms with E-state index >= 15 is 0 Å². The van der Waals surface area contributed by atoms with Gasteiger partial charge in [0.1, 0.15) is 11.5 Å². The normalized spacial score (nSPS) is 14.2. The minimum atomic E-state index is -0.000645. The Kier molecular flexibility index (Phi) is 4.74. The van der Waals surface area contributed by atoms with Crippen molar-refractivity contribution < 1.29 is 9.53 Å². The lowest BCUT2D eigenvalue weighted by molar-refractivity contribution is 0.0674. The van der Waals surface area contributed by atoms with Crippen molar-refractivity contribution in [1.82, 2.24) is 9.88 Å². The molecule has 2 rings (SSSR count). The molecule has 0 spiro atoms. The average Bonchev–Trinajstić information content (AvgIpc) is 3.24. The number of hydrogen-bond acceptors (Lipinski definition) is 4. The number of amides is 1. The van der Waals surface area contributed by atoms with Crippen LogP contribution in [0.3, 0.4) is 0 Å². The van der Waals surface area contributed by atoms with Crippen molar-refractivity contribution in [1.29, 1.82) is 0 Å². The molecule has 1 aromatic heterocycles. The summed E-state index contributed by atoms with van der Waals surface area (Å²) in [7, 11) is 1.65. The molecule has 0 aromatic carbocycles. The highest BCUT2D eigenvalue weighted by atomic mass is 16.5. The monoisotopic (exact) mass is 263 g/mol. The molecule has 1 saturated carbocycles. The maximum Gasteiger partial charge on any atom is 0.272 e. The van der Waals surface area contributed by atoms with Gasteiger partial charge in [-0.1, -0.05) is 6.07 Å². The molecule has 0 atom stereocenters. The third kappa shape index (κ3) is 3.67. The maximum atomic E-state index is 12.5. The van der Waals surface area contributed by atoms with Gasteiger partial charge in [0, 0.05) is 26.2 Å². The van der Waals surface area contributed by atoms with E-state index in [4.69, 9.17) is 4.74 Å².